The molecule has 32 heavy (non-hydrogen) atoms. The van der Waals surface area contributed by atoms with Crippen LogP contribution in [0.2, 0.25) is 0 Å². The maximum Gasteiger partial charge on any atom is 0.204 e. The molecule has 0 heterocycles. The highest BCUT2D eigenvalue weighted by molar-refractivity contribution is 5.42. The minimum absolute atomic E-state index is 0.250. The Hall–Kier alpha value is -1.39. The average molecular weight is 445 g/mol. The summed E-state index contributed by atoms with van der Waals surface area (Å²) in [5.41, 5.74) is 12.5. The van der Waals surface area contributed by atoms with Crippen LogP contribution in [0, 0.1) is 16.7 Å². The molecule has 3 atom stereocenters. The summed E-state index contributed by atoms with van der Waals surface area (Å²) >= 11 is 0. The van der Waals surface area contributed by atoms with Crippen LogP contribution in [-0.4, -0.2) is 25.7 Å². The van der Waals surface area contributed by atoms with E-state index in [0.717, 1.165) is 19.1 Å². The fraction of sp³-hybridized carbons (Fsp3) is 0.750. The van der Waals surface area contributed by atoms with Crippen molar-refractivity contribution in [3.8, 4) is 0 Å². The first-order chi connectivity index (χ1) is 15.2. The number of nitrogens with two attached hydrogens (primary N) is 2. The zero-order valence-electron chi connectivity index (χ0n) is 21.1. The molecule has 1 amide bonds. The largest absolute Gasteiger partial charge is 0.381 e. The minimum atomic E-state index is 0.250. The van der Waals surface area contributed by atoms with E-state index in [2.05, 4.69) is 63.8 Å². The molecule has 2 bridgehead atoms. The molecule has 0 radical (unpaired) electrons. The summed E-state index contributed by atoms with van der Waals surface area (Å²) in [5.74, 6) is 0.850. The van der Waals surface area contributed by atoms with Gasteiger partial charge in [-0.05, 0) is 79.6 Å². The molecule has 4 nitrogen and oxygen atoms in total. The quantitative estimate of drug-likeness (QED) is 0.562. The molecule has 3 unspecified atom stereocenters. The average Bonchev–Trinajstić information content (AvgIpc) is 2.73. The summed E-state index contributed by atoms with van der Waals surface area (Å²) in [6.07, 6.45) is 13.6. The first-order valence-corrected chi connectivity index (χ1v) is 12.7. The van der Waals surface area contributed by atoms with E-state index in [0.29, 0.717) is 22.3 Å². The molecule has 3 aliphatic rings. The standard InChI is InChI=1S/C21H32O.C6H13N.CH3NO/c1-5-22-16-20(4)12-17-11-19(2,3)14-21(13-17,15-20)18-9-7-6-8-10-18;7-6-4-2-1-3-5-6;2-1-3/h6-10,17H,5,11-16H2,1-4H3;6H,1-5,7H2;1H,(H2,2,3). The fourth-order valence-electron chi connectivity index (χ4n) is 7.04. The normalized spacial score (nSPS) is 31.3. The van der Waals surface area contributed by atoms with Crippen LogP contribution in [0.15, 0.2) is 30.3 Å². The van der Waals surface area contributed by atoms with Gasteiger partial charge in [-0.25, -0.2) is 0 Å². The molecular formula is C28H48N2O2. The maximum atomic E-state index is 8.58. The van der Waals surface area contributed by atoms with E-state index in [1.807, 2.05) is 0 Å². The highest BCUT2D eigenvalue weighted by Gasteiger charge is 2.53. The lowest BCUT2D eigenvalue weighted by atomic mass is 9.48. The van der Waals surface area contributed by atoms with Crippen LogP contribution in [0.5, 0.6) is 0 Å². The minimum Gasteiger partial charge on any atom is -0.381 e. The maximum absolute atomic E-state index is 8.58. The number of carbonyl (C=O) groups excluding carboxylic acids is 1. The lowest BCUT2D eigenvalue weighted by molar-refractivity contribution is -0.106. The van der Waals surface area contributed by atoms with Crippen LogP contribution >= 0.6 is 0 Å². The van der Waals surface area contributed by atoms with Gasteiger partial charge in [-0.15, -0.1) is 0 Å². The van der Waals surface area contributed by atoms with Gasteiger partial charge in [0, 0.05) is 12.6 Å². The monoisotopic (exact) mass is 444 g/mol. The molecule has 182 valence electrons. The Labute approximate surface area is 196 Å². The number of hydrogen-bond donors (Lipinski definition) is 2. The van der Waals surface area contributed by atoms with Gasteiger partial charge in [0.15, 0.2) is 0 Å². The number of primary amides is 1. The van der Waals surface area contributed by atoms with Crippen molar-refractivity contribution in [2.45, 2.75) is 103 Å². The summed E-state index contributed by atoms with van der Waals surface area (Å²) in [4.78, 5) is 8.58. The van der Waals surface area contributed by atoms with Gasteiger partial charge >= 0.3 is 0 Å². The van der Waals surface area contributed by atoms with Crippen molar-refractivity contribution < 1.29 is 9.53 Å². The topological polar surface area (TPSA) is 78.3 Å². The molecule has 4 rings (SSSR count). The van der Waals surface area contributed by atoms with E-state index in [9.17, 15) is 0 Å². The van der Waals surface area contributed by atoms with Gasteiger partial charge in [-0.3, -0.25) is 4.79 Å². The van der Waals surface area contributed by atoms with Crippen LogP contribution in [0.3, 0.4) is 0 Å². The summed E-state index contributed by atoms with van der Waals surface area (Å²) in [7, 11) is 0. The van der Waals surface area contributed by atoms with E-state index >= 15 is 0 Å². The Morgan fingerprint density at radius 2 is 1.62 bits per heavy atom. The van der Waals surface area contributed by atoms with Gasteiger partial charge in [0.1, 0.15) is 0 Å². The highest BCUT2D eigenvalue weighted by Crippen LogP contribution is 2.61. The molecule has 4 N–H and O–H groups in total. The number of ether oxygens (including phenoxy) is 1. The van der Waals surface area contributed by atoms with E-state index < -0.39 is 0 Å². The Morgan fingerprint density at radius 3 is 2.16 bits per heavy atom. The van der Waals surface area contributed by atoms with Crippen LogP contribution in [0.4, 0.5) is 0 Å². The van der Waals surface area contributed by atoms with E-state index in [4.69, 9.17) is 15.3 Å². The number of benzene rings is 1. The van der Waals surface area contributed by atoms with Gasteiger partial charge in [0.25, 0.3) is 0 Å². The zero-order chi connectivity index (χ0) is 23.7. The zero-order valence-corrected chi connectivity index (χ0v) is 21.1. The SMILES string of the molecule is CCOCC1(C)CC2CC(C)(C)CC(c3ccccc3)(C2)C1.NC1CCCCC1.NC=O. The molecule has 3 fully saturated rings. The Morgan fingerprint density at radius 1 is 1.00 bits per heavy atom. The van der Waals surface area contributed by atoms with E-state index in [-0.39, 0.29) is 6.41 Å². The molecular weight excluding hydrogens is 396 g/mol. The smallest absolute Gasteiger partial charge is 0.204 e. The third kappa shape index (κ3) is 7.88. The lowest BCUT2D eigenvalue weighted by Gasteiger charge is -2.57. The van der Waals surface area contributed by atoms with Crippen LogP contribution < -0.4 is 11.5 Å². The molecule has 4 heteroatoms. The molecule has 3 saturated carbocycles. The van der Waals surface area contributed by atoms with Crippen LogP contribution in [0.25, 0.3) is 0 Å². The molecule has 1 aromatic rings. The second kappa shape index (κ2) is 12.2. The molecule has 0 aromatic heterocycles. The van der Waals surface area contributed by atoms with Gasteiger partial charge < -0.3 is 16.2 Å². The number of amides is 1. The van der Waals surface area contributed by atoms with Crippen molar-refractivity contribution in [1.29, 1.82) is 0 Å². The second-order valence-electron chi connectivity index (χ2n) is 11.6. The molecule has 3 aliphatic carbocycles. The van der Waals surface area contributed by atoms with Gasteiger partial charge in [-0.1, -0.05) is 70.4 Å². The Bertz CT molecular complexity index is 671. The molecule has 0 saturated heterocycles. The first kappa shape index (κ1) is 26.9. The number of hydrogen-bond acceptors (Lipinski definition) is 3. The Balaban J connectivity index is 0.000000302. The number of fused-ring (bicyclic) bond motifs is 2. The van der Waals surface area contributed by atoms with Crippen molar-refractivity contribution in [2.24, 2.45) is 28.2 Å². The summed E-state index contributed by atoms with van der Waals surface area (Å²) in [6, 6.07) is 11.8. The summed E-state index contributed by atoms with van der Waals surface area (Å²) in [5, 5.41) is 0. The highest BCUT2D eigenvalue weighted by atomic mass is 16.5. The van der Waals surface area contributed by atoms with Crippen molar-refractivity contribution in [2.75, 3.05) is 13.2 Å². The van der Waals surface area contributed by atoms with Crippen molar-refractivity contribution in [1.82, 2.24) is 0 Å². The van der Waals surface area contributed by atoms with Crippen molar-refractivity contribution in [3.05, 3.63) is 35.9 Å². The van der Waals surface area contributed by atoms with Crippen LogP contribution in [0.1, 0.15) is 97.5 Å². The number of carbonyl (C=O) groups is 1. The van der Waals surface area contributed by atoms with E-state index in [1.165, 1.54) is 64.2 Å². The Kier molecular flexibility index (Phi) is 10.2. The van der Waals surface area contributed by atoms with E-state index in [1.54, 1.807) is 5.56 Å². The second-order valence-corrected chi connectivity index (χ2v) is 11.6. The summed E-state index contributed by atoms with van der Waals surface area (Å²) in [6.45, 7) is 11.3. The lowest BCUT2D eigenvalue weighted by Crippen LogP contribution is -2.50. The predicted molar refractivity (Wildman–Crippen MR) is 134 cm³/mol. The fourth-order valence-corrected chi connectivity index (χ4v) is 7.04. The predicted octanol–water partition coefficient (Wildman–Crippen LogP) is 5.97. The third-order valence-corrected chi connectivity index (χ3v) is 7.57. The van der Waals surface area contributed by atoms with Gasteiger partial charge in [-0.2, -0.15) is 0 Å². The molecule has 1 aromatic carbocycles. The van der Waals surface area contributed by atoms with Gasteiger partial charge in [0.05, 0.1) is 6.61 Å². The third-order valence-electron chi connectivity index (χ3n) is 7.57. The summed E-state index contributed by atoms with van der Waals surface area (Å²) < 4.78 is 5.87. The first-order valence-electron chi connectivity index (χ1n) is 12.7. The van der Waals surface area contributed by atoms with Crippen LogP contribution in [-0.2, 0) is 14.9 Å². The van der Waals surface area contributed by atoms with Crippen molar-refractivity contribution >= 4 is 6.41 Å². The molecule has 0 spiro atoms. The molecule has 0 aliphatic heterocycles. The van der Waals surface area contributed by atoms with Gasteiger partial charge in [0.2, 0.25) is 6.41 Å². The van der Waals surface area contributed by atoms with Crippen molar-refractivity contribution in [3.63, 3.8) is 0 Å². The number of rotatable bonds is 4.